The summed E-state index contributed by atoms with van der Waals surface area (Å²) in [5.74, 6) is -1.34. The second-order valence-electron chi connectivity index (χ2n) is 5.07. The molecule has 2 atom stereocenters. The number of hydrogen-bond acceptors (Lipinski definition) is 3. The number of halogens is 1. The number of carbonyl (C=O) groups excluding carboxylic acids is 3. The molecule has 7 heteroatoms. The van der Waals surface area contributed by atoms with Crippen LogP contribution < -0.4 is 16.0 Å². The van der Waals surface area contributed by atoms with Crippen molar-refractivity contribution < 1.29 is 14.4 Å². The summed E-state index contributed by atoms with van der Waals surface area (Å²) in [6.07, 6.45) is -0.0151. The molecule has 1 aromatic rings. The van der Waals surface area contributed by atoms with Gasteiger partial charge in [0.25, 0.3) is 0 Å². The molecule has 1 heterocycles. The first kappa shape index (κ1) is 15.3. The number of carbonyl (C=O) groups is 3. The molecule has 4 amide bonds. The molecular weight excluding hydrogens is 294 g/mol. The van der Waals surface area contributed by atoms with Crippen LogP contribution in [-0.4, -0.2) is 23.9 Å². The Bertz CT molecular complexity index is 603. The fourth-order valence-corrected chi connectivity index (χ4v) is 2.31. The molecule has 6 nitrogen and oxygen atoms in total. The molecular formula is C14H16ClN3O3. The lowest BCUT2D eigenvalue weighted by atomic mass is 9.94. The Labute approximate surface area is 127 Å². The minimum absolute atomic E-state index is 0.0151. The molecule has 1 fully saturated rings. The standard InChI is InChI=1S/C14H16ClN3O3/c1-7-3-4-9(5-11(7)15)17-12(19)6-10-8(2)16-14(21)18-13(10)20/h3-5,8,10H,6H2,1-2H3,(H,17,19)(H2,16,18,20,21). The van der Waals surface area contributed by atoms with Gasteiger partial charge in [-0.3, -0.25) is 14.9 Å². The van der Waals surface area contributed by atoms with Crippen molar-refractivity contribution in [1.82, 2.24) is 10.6 Å². The zero-order valence-electron chi connectivity index (χ0n) is 11.7. The molecule has 0 spiro atoms. The van der Waals surface area contributed by atoms with E-state index in [-0.39, 0.29) is 12.3 Å². The van der Waals surface area contributed by atoms with Gasteiger partial charge in [0.15, 0.2) is 0 Å². The SMILES string of the molecule is Cc1ccc(NC(=O)CC2C(=O)NC(=O)NC2C)cc1Cl. The highest BCUT2D eigenvalue weighted by molar-refractivity contribution is 6.31. The molecule has 0 radical (unpaired) electrons. The number of aryl methyl sites for hydroxylation is 1. The van der Waals surface area contributed by atoms with Gasteiger partial charge in [-0.25, -0.2) is 4.79 Å². The normalized spacial score (nSPS) is 21.5. The molecule has 112 valence electrons. The molecule has 0 aliphatic carbocycles. The van der Waals surface area contributed by atoms with Crippen molar-refractivity contribution in [2.75, 3.05) is 5.32 Å². The molecule has 1 aromatic carbocycles. The molecule has 0 saturated carbocycles. The van der Waals surface area contributed by atoms with Gasteiger partial charge in [0.2, 0.25) is 11.8 Å². The van der Waals surface area contributed by atoms with Crippen molar-refractivity contribution in [1.29, 1.82) is 0 Å². The summed E-state index contributed by atoms with van der Waals surface area (Å²) in [5.41, 5.74) is 1.49. The van der Waals surface area contributed by atoms with Gasteiger partial charge < -0.3 is 10.6 Å². The molecule has 0 bridgehead atoms. The first-order chi connectivity index (χ1) is 9.86. The number of anilines is 1. The van der Waals surface area contributed by atoms with Crippen LogP contribution in [0.15, 0.2) is 18.2 Å². The van der Waals surface area contributed by atoms with E-state index in [4.69, 9.17) is 11.6 Å². The lowest BCUT2D eigenvalue weighted by molar-refractivity contribution is -0.129. The summed E-state index contributed by atoms with van der Waals surface area (Å²) in [5, 5.41) is 7.98. The average Bonchev–Trinajstić information content (AvgIpc) is 2.38. The smallest absolute Gasteiger partial charge is 0.321 e. The molecule has 1 saturated heterocycles. The van der Waals surface area contributed by atoms with Crippen LogP contribution in [0.25, 0.3) is 0 Å². The number of imide groups is 1. The maximum absolute atomic E-state index is 12.0. The van der Waals surface area contributed by atoms with Crippen molar-refractivity contribution in [3.63, 3.8) is 0 Å². The van der Waals surface area contributed by atoms with E-state index < -0.39 is 23.9 Å². The van der Waals surface area contributed by atoms with Crippen molar-refractivity contribution in [2.24, 2.45) is 5.92 Å². The highest BCUT2D eigenvalue weighted by Gasteiger charge is 2.34. The molecule has 1 aliphatic rings. The van der Waals surface area contributed by atoms with Crippen LogP contribution >= 0.6 is 11.6 Å². The van der Waals surface area contributed by atoms with E-state index in [1.54, 1.807) is 25.1 Å². The van der Waals surface area contributed by atoms with Gasteiger partial charge in [0.1, 0.15) is 0 Å². The summed E-state index contributed by atoms with van der Waals surface area (Å²) >= 11 is 5.99. The minimum Gasteiger partial charge on any atom is -0.335 e. The van der Waals surface area contributed by atoms with E-state index in [0.717, 1.165) is 5.56 Å². The number of hydrogen-bond donors (Lipinski definition) is 3. The van der Waals surface area contributed by atoms with Gasteiger partial charge in [0, 0.05) is 23.2 Å². The molecule has 1 aliphatic heterocycles. The van der Waals surface area contributed by atoms with Crippen LogP contribution in [0.4, 0.5) is 10.5 Å². The Kier molecular flexibility index (Phi) is 4.47. The number of amides is 4. The second kappa shape index (κ2) is 6.13. The largest absolute Gasteiger partial charge is 0.335 e. The van der Waals surface area contributed by atoms with Crippen molar-refractivity contribution >= 4 is 35.1 Å². The minimum atomic E-state index is -0.594. The van der Waals surface area contributed by atoms with E-state index in [1.807, 2.05) is 6.92 Å². The quantitative estimate of drug-likeness (QED) is 0.796. The monoisotopic (exact) mass is 309 g/mol. The van der Waals surface area contributed by atoms with Gasteiger partial charge in [0.05, 0.1) is 5.92 Å². The highest BCUT2D eigenvalue weighted by atomic mass is 35.5. The van der Waals surface area contributed by atoms with Crippen LogP contribution in [0.3, 0.4) is 0 Å². The fourth-order valence-electron chi connectivity index (χ4n) is 2.13. The molecule has 2 rings (SSSR count). The molecule has 0 aromatic heterocycles. The van der Waals surface area contributed by atoms with Gasteiger partial charge >= 0.3 is 6.03 Å². The zero-order chi connectivity index (χ0) is 15.6. The van der Waals surface area contributed by atoms with Crippen molar-refractivity contribution in [2.45, 2.75) is 26.3 Å². The third kappa shape index (κ3) is 3.72. The van der Waals surface area contributed by atoms with Crippen LogP contribution in [0.1, 0.15) is 18.9 Å². The van der Waals surface area contributed by atoms with Gasteiger partial charge in [-0.15, -0.1) is 0 Å². The number of nitrogens with one attached hydrogen (secondary N) is 3. The van der Waals surface area contributed by atoms with Crippen LogP contribution in [0.5, 0.6) is 0 Å². The second-order valence-corrected chi connectivity index (χ2v) is 5.48. The number of rotatable bonds is 3. The van der Waals surface area contributed by atoms with E-state index in [2.05, 4.69) is 16.0 Å². The van der Waals surface area contributed by atoms with E-state index in [9.17, 15) is 14.4 Å². The predicted octanol–water partition coefficient (Wildman–Crippen LogP) is 1.82. The third-order valence-electron chi connectivity index (χ3n) is 3.40. The van der Waals surface area contributed by atoms with Crippen LogP contribution in [0, 0.1) is 12.8 Å². The van der Waals surface area contributed by atoms with Crippen LogP contribution in [-0.2, 0) is 9.59 Å². The molecule has 3 N–H and O–H groups in total. The first-order valence-corrected chi connectivity index (χ1v) is 6.92. The Morgan fingerprint density at radius 1 is 1.38 bits per heavy atom. The van der Waals surface area contributed by atoms with Gasteiger partial charge in [-0.05, 0) is 31.5 Å². The summed E-state index contributed by atoms with van der Waals surface area (Å²) in [4.78, 5) is 34.8. The topological polar surface area (TPSA) is 87.3 Å². The Morgan fingerprint density at radius 2 is 2.10 bits per heavy atom. The predicted molar refractivity (Wildman–Crippen MR) is 79.1 cm³/mol. The van der Waals surface area contributed by atoms with Gasteiger partial charge in [-0.1, -0.05) is 17.7 Å². The van der Waals surface area contributed by atoms with E-state index >= 15 is 0 Å². The molecule has 21 heavy (non-hydrogen) atoms. The highest BCUT2D eigenvalue weighted by Crippen LogP contribution is 2.21. The summed E-state index contributed by atoms with van der Waals surface area (Å²) < 4.78 is 0. The van der Waals surface area contributed by atoms with E-state index in [0.29, 0.717) is 10.7 Å². The fraction of sp³-hybridized carbons (Fsp3) is 0.357. The zero-order valence-corrected chi connectivity index (χ0v) is 12.5. The lowest BCUT2D eigenvalue weighted by Gasteiger charge is -2.28. The van der Waals surface area contributed by atoms with Crippen molar-refractivity contribution in [3.05, 3.63) is 28.8 Å². The Morgan fingerprint density at radius 3 is 2.71 bits per heavy atom. The van der Waals surface area contributed by atoms with Crippen LogP contribution in [0.2, 0.25) is 5.02 Å². The van der Waals surface area contributed by atoms with E-state index in [1.165, 1.54) is 0 Å². The summed E-state index contributed by atoms with van der Waals surface area (Å²) in [6, 6.07) is 4.27. The average molecular weight is 310 g/mol. The summed E-state index contributed by atoms with van der Waals surface area (Å²) in [6.45, 7) is 3.56. The number of urea groups is 1. The maximum atomic E-state index is 12.0. The maximum Gasteiger partial charge on any atom is 0.321 e. The Balaban J connectivity index is 1.99. The van der Waals surface area contributed by atoms with Crippen molar-refractivity contribution in [3.8, 4) is 0 Å². The first-order valence-electron chi connectivity index (χ1n) is 6.54. The third-order valence-corrected chi connectivity index (χ3v) is 3.80. The lowest BCUT2D eigenvalue weighted by Crippen LogP contribution is -2.57. The number of benzene rings is 1. The van der Waals surface area contributed by atoms with Gasteiger partial charge in [-0.2, -0.15) is 0 Å². The summed E-state index contributed by atoms with van der Waals surface area (Å²) in [7, 11) is 0. The molecule has 2 unspecified atom stereocenters. The Hall–Kier alpha value is -2.08.